The van der Waals surface area contributed by atoms with E-state index < -0.39 is 42.2 Å². The number of rotatable bonds is 11. The minimum absolute atomic E-state index is 0.141. The smallest absolute Gasteiger partial charge is 0.459 e. The molecule has 1 aromatic heterocycles. The first kappa shape index (κ1) is 30.0. The number of carbonyl (C=O) groups is 1. The minimum atomic E-state index is -4.22. The summed E-state index contributed by atoms with van der Waals surface area (Å²) in [5, 5.41) is 14.1. The van der Waals surface area contributed by atoms with Crippen molar-refractivity contribution < 1.29 is 28.3 Å². The number of anilines is 1. The maximum atomic E-state index is 14.3. The average molecular weight is 592 g/mol. The van der Waals surface area contributed by atoms with Crippen LogP contribution in [0.15, 0.2) is 53.6 Å². The van der Waals surface area contributed by atoms with Gasteiger partial charge in [0.1, 0.15) is 18.1 Å². The van der Waals surface area contributed by atoms with E-state index in [1.807, 2.05) is 30.3 Å². The van der Waals surface area contributed by atoms with Crippen molar-refractivity contribution in [3.63, 3.8) is 0 Å². The molecule has 4 N–H and O–H groups in total. The second kappa shape index (κ2) is 12.7. The molecule has 1 aliphatic heterocycles. The Labute approximate surface area is 236 Å². The molecule has 14 heteroatoms. The zero-order valence-electron chi connectivity index (χ0n) is 22.7. The number of benzene rings is 2. The highest BCUT2D eigenvalue weighted by atomic mass is 32.2. The summed E-state index contributed by atoms with van der Waals surface area (Å²) in [6, 6.07) is 11.8. The number of nitrogens with two attached hydrogens (primary N) is 1. The molecule has 0 bridgehead atoms. The highest BCUT2D eigenvalue weighted by Gasteiger charge is 2.41. The number of nitrogens with zero attached hydrogens (tertiary/aromatic N) is 3. The number of carbonyl (C=O) groups excluding carboxylic acids is 1. The number of thioether (sulfide) groups is 1. The van der Waals surface area contributed by atoms with Crippen molar-refractivity contribution in [2.75, 3.05) is 12.3 Å². The van der Waals surface area contributed by atoms with Crippen molar-refractivity contribution in [2.24, 2.45) is 5.92 Å². The number of aliphatic hydroxyl groups is 1. The number of fused-ring (bicyclic) bond motifs is 1. The number of aliphatic hydroxyl groups excluding tert-OH is 1. The molecule has 0 spiro atoms. The van der Waals surface area contributed by atoms with Gasteiger partial charge in [0.15, 0.2) is 0 Å². The van der Waals surface area contributed by atoms with E-state index in [1.54, 1.807) is 39.8 Å². The quantitative estimate of drug-likeness (QED) is 0.220. The highest BCUT2D eigenvalue weighted by Crippen LogP contribution is 2.49. The molecule has 0 amide bonds. The molecule has 2 aromatic carbocycles. The van der Waals surface area contributed by atoms with Gasteiger partial charge in [-0.1, -0.05) is 50.2 Å². The van der Waals surface area contributed by atoms with Gasteiger partial charge in [0.2, 0.25) is 5.95 Å². The van der Waals surface area contributed by atoms with Gasteiger partial charge < -0.3 is 20.1 Å². The topological polar surface area (TPSA) is 168 Å². The number of ether oxygens (including phenoxy) is 1. The Hall–Kier alpha value is -2.96. The van der Waals surface area contributed by atoms with Gasteiger partial charge >= 0.3 is 19.4 Å². The Bertz CT molecular complexity index is 1450. The summed E-state index contributed by atoms with van der Waals surface area (Å²) in [5.74, 6) is -0.740. The molecular weight excluding hydrogens is 557 g/mol. The Balaban J connectivity index is 1.58. The van der Waals surface area contributed by atoms with Gasteiger partial charge in [0, 0.05) is 11.8 Å². The molecular formula is C26H34N5O7PS. The fourth-order valence-electron chi connectivity index (χ4n) is 4.20. The van der Waals surface area contributed by atoms with Crippen LogP contribution in [-0.2, 0) is 18.6 Å². The second-order valence-corrected chi connectivity index (χ2v) is 13.2. The number of hydrogen-bond donors (Lipinski definition) is 3. The van der Waals surface area contributed by atoms with Crippen LogP contribution in [0.1, 0.15) is 39.5 Å². The molecule has 1 fully saturated rings. The first-order valence-electron chi connectivity index (χ1n) is 12.9. The third-order valence-electron chi connectivity index (χ3n) is 6.21. The molecule has 0 aliphatic carbocycles. The van der Waals surface area contributed by atoms with E-state index >= 15 is 0 Å². The molecule has 4 rings (SSSR count). The van der Waals surface area contributed by atoms with Crippen LogP contribution in [-0.4, -0.2) is 55.7 Å². The van der Waals surface area contributed by atoms with Crippen LogP contribution >= 0.6 is 19.5 Å². The van der Waals surface area contributed by atoms with Crippen LogP contribution in [0.4, 0.5) is 5.95 Å². The van der Waals surface area contributed by atoms with Gasteiger partial charge in [-0.05, 0) is 31.2 Å². The average Bonchev–Trinajstić information content (AvgIpc) is 3.26. The number of hydrogen-bond acceptors (Lipinski definition) is 11. The largest absolute Gasteiger partial charge is 0.462 e. The van der Waals surface area contributed by atoms with E-state index in [9.17, 15) is 19.3 Å². The first-order valence-corrected chi connectivity index (χ1v) is 15.4. The zero-order chi connectivity index (χ0) is 29.0. The molecule has 0 radical (unpaired) electrons. The Kier molecular flexibility index (Phi) is 9.52. The molecule has 3 aromatic rings. The zero-order valence-corrected chi connectivity index (χ0v) is 24.4. The standard InChI is InChI=1S/C26H34N5O7PS/c1-15(2)23(24(33)37-16(3)4)30-39(35,38-20-11-7-9-17-8-5-6-10-18(17)20)36-13-21-19(32)12-22(40-21)31-14-28-25(27)29-26(31)34/h5-11,14-16,19,21-23,32H,12-13H2,1-4H3,(H,30,35)(H2,27,29,34)/t19-,21-,22-,23+,39?/m1/s1. The van der Waals surface area contributed by atoms with Gasteiger partial charge in [0.25, 0.3) is 0 Å². The first-order chi connectivity index (χ1) is 19.0. The van der Waals surface area contributed by atoms with Crippen molar-refractivity contribution >= 4 is 42.2 Å². The van der Waals surface area contributed by atoms with E-state index in [1.165, 1.54) is 22.7 Å². The van der Waals surface area contributed by atoms with E-state index in [4.69, 9.17) is 19.5 Å². The minimum Gasteiger partial charge on any atom is -0.462 e. The summed E-state index contributed by atoms with van der Waals surface area (Å²) in [4.78, 5) is 32.7. The van der Waals surface area contributed by atoms with Crippen LogP contribution in [0.3, 0.4) is 0 Å². The van der Waals surface area contributed by atoms with Crippen molar-refractivity contribution in [2.45, 2.75) is 63.0 Å². The highest BCUT2D eigenvalue weighted by molar-refractivity contribution is 8.00. The summed E-state index contributed by atoms with van der Waals surface area (Å²) in [7, 11) is -4.22. The van der Waals surface area contributed by atoms with Crippen LogP contribution in [0.25, 0.3) is 10.8 Å². The summed E-state index contributed by atoms with van der Waals surface area (Å²) in [6.45, 7) is 6.82. The van der Waals surface area contributed by atoms with Crippen molar-refractivity contribution in [1.29, 1.82) is 0 Å². The van der Waals surface area contributed by atoms with Crippen molar-refractivity contribution in [3.05, 3.63) is 59.3 Å². The van der Waals surface area contributed by atoms with Crippen LogP contribution < -0.4 is 21.0 Å². The lowest BCUT2D eigenvalue weighted by Gasteiger charge is -2.28. The Morgan fingerprint density at radius 3 is 2.65 bits per heavy atom. The molecule has 0 saturated carbocycles. The van der Waals surface area contributed by atoms with Crippen LogP contribution in [0.5, 0.6) is 5.75 Å². The molecule has 12 nitrogen and oxygen atoms in total. The lowest BCUT2D eigenvalue weighted by molar-refractivity contribution is -0.150. The van der Waals surface area contributed by atoms with Crippen LogP contribution in [0.2, 0.25) is 0 Å². The summed E-state index contributed by atoms with van der Waals surface area (Å²) in [6.07, 6.45) is 0.222. The Morgan fingerprint density at radius 1 is 1.23 bits per heavy atom. The van der Waals surface area contributed by atoms with Gasteiger partial charge in [-0.2, -0.15) is 10.1 Å². The lowest BCUT2D eigenvalue weighted by atomic mass is 10.1. The van der Waals surface area contributed by atoms with E-state index in [0.29, 0.717) is 11.1 Å². The van der Waals surface area contributed by atoms with Gasteiger partial charge in [-0.3, -0.25) is 13.9 Å². The van der Waals surface area contributed by atoms with Crippen molar-refractivity contribution in [3.8, 4) is 5.75 Å². The molecule has 5 atom stereocenters. The van der Waals surface area contributed by atoms with Gasteiger partial charge in [-0.15, -0.1) is 11.8 Å². The molecule has 1 saturated heterocycles. The fraction of sp³-hybridized carbons (Fsp3) is 0.462. The molecule has 40 heavy (non-hydrogen) atoms. The third kappa shape index (κ3) is 7.21. The second-order valence-electron chi connectivity index (χ2n) is 10.0. The summed E-state index contributed by atoms with van der Waals surface area (Å²) >= 11 is 1.25. The summed E-state index contributed by atoms with van der Waals surface area (Å²) in [5.41, 5.74) is 4.90. The number of esters is 1. The Morgan fingerprint density at radius 2 is 1.95 bits per heavy atom. The number of nitrogens with one attached hydrogen (secondary N) is 1. The van der Waals surface area contributed by atoms with E-state index in [0.717, 1.165) is 5.39 Å². The molecule has 216 valence electrons. The molecule has 1 unspecified atom stereocenters. The molecule has 1 aliphatic rings. The number of aromatic nitrogens is 3. The van der Waals surface area contributed by atoms with Gasteiger partial charge in [-0.25, -0.2) is 14.3 Å². The van der Waals surface area contributed by atoms with Gasteiger partial charge in [0.05, 0.1) is 29.4 Å². The van der Waals surface area contributed by atoms with E-state index in [-0.39, 0.29) is 31.0 Å². The van der Waals surface area contributed by atoms with E-state index in [2.05, 4.69) is 15.1 Å². The SMILES string of the molecule is CC(C)OC(=O)[C@@H](NP(=O)(OC[C@H]1S[C@@H](n2cnc(N)nc2=O)C[C@H]1O)Oc1cccc2ccccc12)C(C)C. The predicted molar refractivity (Wildman–Crippen MR) is 153 cm³/mol. The maximum Gasteiger partial charge on any atom is 0.459 e. The molecule has 2 heterocycles. The lowest BCUT2D eigenvalue weighted by Crippen LogP contribution is -2.42. The monoisotopic (exact) mass is 591 g/mol. The van der Waals surface area contributed by atoms with Crippen molar-refractivity contribution in [1.82, 2.24) is 19.6 Å². The normalized spacial score (nSPS) is 21.4. The number of nitrogen functional groups attached to an aromatic ring is 1. The third-order valence-corrected chi connectivity index (χ3v) is 9.26. The fourth-order valence-corrected chi connectivity index (χ4v) is 7.43. The predicted octanol–water partition coefficient (Wildman–Crippen LogP) is 3.51. The van der Waals surface area contributed by atoms with Crippen LogP contribution in [0, 0.1) is 5.92 Å². The maximum absolute atomic E-state index is 14.3. The summed E-state index contributed by atoms with van der Waals surface area (Å²) < 4.78 is 32.9.